The number of carbonyl (C=O) groups is 3. The van der Waals surface area contributed by atoms with E-state index in [0.29, 0.717) is 21.7 Å². The highest BCUT2D eigenvalue weighted by Gasteiger charge is 2.33. The van der Waals surface area contributed by atoms with Crippen LogP contribution in [0.5, 0.6) is 0 Å². The standard InChI is InChI=1S/C26H28F2N4O6S/c1-5-38-24(33)21-18(13-31(2)3)22(15-9-11-16(12-10-15)29-25(34)30-36)39-23(21)32(26(35)37-4)14-17-19(27)7-6-8-20(17)28/h6-12,36H,5,13-14H2,1-4H3,(H2,29,30,34). The highest BCUT2D eigenvalue weighted by atomic mass is 32.1. The van der Waals surface area contributed by atoms with Gasteiger partial charge in [-0.3, -0.25) is 10.1 Å². The molecular formula is C26H28F2N4O6S. The maximum atomic E-state index is 14.6. The number of rotatable bonds is 9. The molecule has 0 saturated carbocycles. The molecule has 3 N–H and O–H groups in total. The number of hydroxylamine groups is 1. The van der Waals surface area contributed by atoms with Crippen molar-refractivity contribution in [2.75, 3.05) is 38.0 Å². The maximum absolute atomic E-state index is 14.6. The summed E-state index contributed by atoms with van der Waals surface area (Å²) in [5.74, 6) is -2.43. The highest BCUT2D eigenvalue weighted by molar-refractivity contribution is 7.20. The van der Waals surface area contributed by atoms with Crippen LogP contribution in [0.3, 0.4) is 0 Å². The van der Waals surface area contributed by atoms with E-state index in [0.717, 1.165) is 35.5 Å². The summed E-state index contributed by atoms with van der Waals surface area (Å²) in [6, 6.07) is 9.05. The Labute approximate surface area is 227 Å². The van der Waals surface area contributed by atoms with E-state index in [9.17, 15) is 23.2 Å². The lowest BCUT2D eigenvalue weighted by atomic mass is 10.0. The lowest BCUT2D eigenvalue weighted by molar-refractivity contribution is 0.0526. The van der Waals surface area contributed by atoms with Crippen molar-refractivity contribution in [2.24, 2.45) is 0 Å². The first-order chi connectivity index (χ1) is 18.6. The summed E-state index contributed by atoms with van der Waals surface area (Å²) >= 11 is 1.06. The number of esters is 1. The molecule has 0 fully saturated rings. The van der Waals surface area contributed by atoms with Crippen LogP contribution in [0.2, 0.25) is 0 Å². The topological polar surface area (TPSA) is 120 Å². The number of benzene rings is 2. The van der Waals surface area contributed by atoms with Crippen molar-refractivity contribution in [1.29, 1.82) is 0 Å². The Morgan fingerprint density at radius 1 is 1.00 bits per heavy atom. The zero-order valence-corrected chi connectivity index (χ0v) is 22.5. The Bertz CT molecular complexity index is 1330. The van der Waals surface area contributed by atoms with Gasteiger partial charge in [0.15, 0.2) is 0 Å². The van der Waals surface area contributed by atoms with E-state index in [2.05, 4.69) is 5.32 Å². The van der Waals surface area contributed by atoms with Gasteiger partial charge >= 0.3 is 18.1 Å². The fraction of sp³-hybridized carbons (Fsp3) is 0.269. The summed E-state index contributed by atoms with van der Waals surface area (Å²) in [6.07, 6.45) is -0.929. The van der Waals surface area contributed by atoms with Crippen LogP contribution in [0.25, 0.3) is 10.4 Å². The fourth-order valence-corrected chi connectivity index (χ4v) is 5.09. The van der Waals surface area contributed by atoms with E-state index in [1.165, 1.54) is 11.5 Å². The molecule has 0 atom stereocenters. The summed E-state index contributed by atoms with van der Waals surface area (Å²) in [5, 5.41) is 11.3. The van der Waals surface area contributed by atoms with Crippen molar-refractivity contribution in [3.63, 3.8) is 0 Å². The molecule has 0 bridgehead atoms. The van der Waals surface area contributed by atoms with Crippen molar-refractivity contribution in [3.05, 3.63) is 70.8 Å². The van der Waals surface area contributed by atoms with Gasteiger partial charge in [0.1, 0.15) is 16.6 Å². The minimum atomic E-state index is -0.929. The van der Waals surface area contributed by atoms with Gasteiger partial charge in [-0.15, -0.1) is 11.3 Å². The molecule has 39 heavy (non-hydrogen) atoms. The predicted octanol–water partition coefficient (Wildman–Crippen LogP) is 5.22. The quantitative estimate of drug-likeness (QED) is 0.186. The number of halogens is 2. The SMILES string of the molecule is CCOC(=O)c1c(N(Cc2c(F)cccc2F)C(=O)OC)sc(-c2ccc(NC(=O)NO)cc2)c1CN(C)C. The van der Waals surface area contributed by atoms with Crippen molar-refractivity contribution < 1.29 is 37.8 Å². The first-order valence-corrected chi connectivity index (χ1v) is 12.5. The predicted molar refractivity (Wildman–Crippen MR) is 142 cm³/mol. The normalized spacial score (nSPS) is 10.8. The van der Waals surface area contributed by atoms with Gasteiger partial charge in [-0.2, -0.15) is 0 Å². The second-order valence-corrected chi connectivity index (χ2v) is 9.45. The average molecular weight is 563 g/mol. The molecular weight excluding hydrogens is 534 g/mol. The van der Waals surface area contributed by atoms with Crippen LogP contribution in [0.1, 0.15) is 28.4 Å². The summed E-state index contributed by atoms with van der Waals surface area (Å²) in [4.78, 5) is 41.1. The summed E-state index contributed by atoms with van der Waals surface area (Å²) in [6.45, 7) is 1.41. The molecule has 2 aromatic carbocycles. The van der Waals surface area contributed by atoms with Gasteiger partial charge in [-0.25, -0.2) is 28.6 Å². The summed E-state index contributed by atoms with van der Waals surface area (Å²) in [7, 11) is 4.72. The molecule has 208 valence electrons. The van der Waals surface area contributed by atoms with Gasteiger partial charge < -0.3 is 19.7 Å². The Balaban J connectivity index is 2.24. The molecule has 1 aromatic heterocycles. The van der Waals surface area contributed by atoms with Gasteiger partial charge in [0, 0.05) is 28.2 Å². The summed E-state index contributed by atoms with van der Waals surface area (Å²) in [5.41, 5.74) is 2.70. The van der Waals surface area contributed by atoms with Gasteiger partial charge in [-0.1, -0.05) is 18.2 Å². The van der Waals surface area contributed by atoms with E-state index in [4.69, 9.17) is 14.7 Å². The Kier molecular flexibility index (Phi) is 9.93. The molecule has 3 rings (SSSR count). The number of ether oxygens (including phenoxy) is 2. The summed E-state index contributed by atoms with van der Waals surface area (Å²) < 4.78 is 39.4. The zero-order chi connectivity index (χ0) is 28.7. The number of amides is 3. The molecule has 0 radical (unpaired) electrons. The third-order valence-electron chi connectivity index (χ3n) is 5.47. The lowest BCUT2D eigenvalue weighted by Crippen LogP contribution is -2.32. The van der Waals surface area contributed by atoms with E-state index in [-0.39, 0.29) is 29.3 Å². The lowest BCUT2D eigenvalue weighted by Gasteiger charge is -2.22. The molecule has 1 heterocycles. The highest BCUT2D eigenvalue weighted by Crippen LogP contribution is 2.44. The molecule has 0 aliphatic carbocycles. The zero-order valence-electron chi connectivity index (χ0n) is 21.7. The van der Waals surface area contributed by atoms with Crippen LogP contribution < -0.4 is 15.7 Å². The first kappa shape index (κ1) is 29.5. The van der Waals surface area contributed by atoms with Crippen LogP contribution >= 0.6 is 11.3 Å². The van der Waals surface area contributed by atoms with Crippen molar-refractivity contribution in [2.45, 2.75) is 20.0 Å². The molecule has 10 nitrogen and oxygen atoms in total. The van der Waals surface area contributed by atoms with E-state index >= 15 is 0 Å². The monoisotopic (exact) mass is 562 g/mol. The molecule has 0 aliphatic heterocycles. The molecule has 3 amide bonds. The van der Waals surface area contributed by atoms with E-state index in [1.54, 1.807) is 45.3 Å². The number of nitrogens with one attached hydrogen (secondary N) is 2. The Morgan fingerprint density at radius 3 is 2.18 bits per heavy atom. The number of nitrogens with zero attached hydrogens (tertiary/aromatic N) is 2. The largest absolute Gasteiger partial charge is 0.462 e. The van der Waals surface area contributed by atoms with Gasteiger partial charge in [0.2, 0.25) is 0 Å². The van der Waals surface area contributed by atoms with Gasteiger partial charge in [-0.05, 0) is 50.8 Å². The number of hydrogen-bond donors (Lipinski definition) is 3. The molecule has 13 heteroatoms. The van der Waals surface area contributed by atoms with Gasteiger partial charge in [0.25, 0.3) is 0 Å². The smallest absolute Gasteiger partial charge is 0.414 e. The Hall–Kier alpha value is -4.07. The van der Waals surface area contributed by atoms with Crippen LogP contribution in [0, 0.1) is 11.6 Å². The van der Waals surface area contributed by atoms with Crippen molar-refractivity contribution >= 4 is 40.1 Å². The minimum Gasteiger partial charge on any atom is -0.462 e. The molecule has 0 saturated heterocycles. The van der Waals surface area contributed by atoms with Crippen LogP contribution in [-0.4, -0.2) is 56.0 Å². The molecule has 0 aliphatic rings. The molecule has 0 unspecified atom stereocenters. The second kappa shape index (κ2) is 13.1. The fourth-order valence-electron chi connectivity index (χ4n) is 3.79. The maximum Gasteiger partial charge on any atom is 0.414 e. The van der Waals surface area contributed by atoms with Crippen molar-refractivity contribution in [1.82, 2.24) is 10.4 Å². The second-order valence-electron chi connectivity index (χ2n) is 8.45. The number of anilines is 2. The van der Waals surface area contributed by atoms with E-state index < -0.39 is 36.3 Å². The van der Waals surface area contributed by atoms with Crippen LogP contribution in [-0.2, 0) is 22.6 Å². The van der Waals surface area contributed by atoms with Crippen LogP contribution in [0.15, 0.2) is 42.5 Å². The molecule has 3 aromatic rings. The minimum absolute atomic E-state index is 0.0539. The number of methoxy groups -OCH3 is 1. The number of thiophene rings is 1. The number of hydrogen-bond acceptors (Lipinski definition) is 8. The third kappa shape index (κ3) is 6.88. The average Bonchev–Trinajstić information content (AvgIpc) is 3.26. The number of urea groups is 1. The molecule has 0 spiro atoms. The van der Waals surface area contributed by atoms with E-state index in [1.807, 2.05) is 4.90 Å². The van der Waals surface area contributed by atoms with Crippen molar-refractivity contribution in [3.8, 4) is 10.4 Å². The van der Waals surface area contributed by atoms with Gasteiger partial charge in [0.05, 0.1) is 25.8 Å². The first-order valence-electron chi connectivity index (χ1n) is 11.7. The number of carbonyl (C=O) groups excluding carboxylic acids is 3. The third-order valence-corrected chi connectivity index (χ3v) is 6.77. The Morgan fingerprint density at radius 2 is 1.64 bits per heavy atom. The van der Waals surface area contributed by atoms with Crippen LogP contribution in [0.4, 0.5) is 29.1 Å².